The van der Waals surface area contributed by atoms with Crippen LogP contribution < -0.4 is 0 Å². The molecule has 0 bridgehead atoms. The molecule has 2 rings (SSSR count). The lowest BCUT2D eigenvalue weighted by molar-refractivity contribution is 0.694. The molecule has 0 aliphatic heterocycles. The topological polar surface area (TPSA) is 43.6 Å². The molecule has 6 heteroatoms. The standard InChI is InChI=1S/C7H8N4S2/c1-11-6(4-9-10-11)5-13-7-8-2-3-12-7/h2-4H,5H2,1H3. The van der Waals surface area contributed by atoms with Gasteiger partial charge in [-0.15, -0.1) is 16.4 Å². The normalized spacial score (nSPS) is 10.5. The van der Waals surface area contributed by atoms with Crippen LogP contribution in [0.1, 0.15) is 5.69 Å². The van der Waals surface area contributed by atoms with Crippen LogP contribution in [0.15, 0.2) is 22.1 Å². The summed E-state index contributed by atoms with van der Waals surface area (Å²) in [6, 6.07) is 0. The van der Waals surface area contributed by atoms with Crippen molar-refractivity contribution in [3.8, 4) is 0 Å². The van der Waals surface area contributed by atoms with Crippen LogP contribution in [0.5, 0.6) is 0 Å². The Morgan fingerprint density at radius 3 is 3.15 bits per heavy atom. The monoisotopic (exact) mass is 212 g/mol. The molecular weight excluding hydrogens is 204 g/mol. The van der Waals surface area contributed by atoms with E-state index >= 15 is 0 Å². The molecule has 0 N–H and O–H groups in total. The molecular formula is C7H8N4S2. The van der Waals surface area contributed by atoms with Crippen LogP contribution in [-0.2, 0) is 12.8 Å². The first-order valence-electron chi connectivity index (χ1n) is 3.72. The van der Waals surface area contributed by atoms with Crippen LogP contribution in [0.2, 0.25) is 0 Å². The summed E-state index contributed by atoms with van der Waals surface area (Å²) < 4.78 is 2.86. The van der Waals surface area contributed by atoms with Crippen molar-refractivity contribution in [2.75, 3.05) is 0 Å². The average Bonchev–Trinajstić information content (AvgIpc) is 2.72. The Morgan fingerprint density at radius 2 is 2.54 bits per heavy atom. The second-order valence-electron chi connectivity index (χ2n) is 2.44. The molecule has 13 heavy (non-hydrogen) atoms. The number of aryl methyl sites for hydroxylation is 1. The van der Waals surface area contributed by atoms with Crippen molar-refractivity contribution in [3.63, 3.8) is 0 Å². The van der Waals surface area contributed by atoms with E-state index in [0.717, 1.165) is 15.8 Å². The number of hydrogen-bond donors (Lipinski definition) is 0. The summed E-state index contributed by atoms with van der Waals surface area (Å²) in [5.41, 5.74) is 1.11. The number of rotatable bonds is 3. The Labute approximate surface area is 84.0 Å². The van der Waals surface area contributed by atoms with Crippen LogP contribution in [0, 0.1) is 0 Å². The number of thiazole rings is 1. The van der Waals surface area contributed by atoms with Gasteiger partial charge in [0.2, 0.25) is 0 Å². The van der Waals surface area contributed by atoms with E-state index < -0.39 is 0 Å². The van der Waals surface area contributed by atoms with E-state index in [1.807, 2.05) is 18.6 Å². The minimum atomic E-state index is 0.872. The summed E-state index contributed by atoms with van der Waals surface area (Å²) >= 11 is 3.36. The van der Waals surface area contributed by atoms with Crippen molar-refractivity contribution >= 4 is 23.1 Å². The minimum absolute atomic E-state index is 0.872. The van der Waals surface area contributed by atoms with Crippen molar-refractivity contribution in [1.29, 1.82) is 0 Å². The van der Waals surface area contributed by atoms with Crippen molar-refractivity contribution in [2.45, 2.75) is 10.1 Å². The zero-order chi connectivity index (χ0) is 9.10. The molecule has 2 heterocycles. The highest BCUT2D eigenvalue weighted by molar-refractivity contribution is 8.00. The molecule has 0 saturated heterocycles. The summed E-state index contributed by atoms with van der Waals surface area (Å²) in [7, 11) is 1.89. The molecule has 0 aromatic carbocycles. The van der Waals surface area contributed by atoms with Crippen LogP contribution in [0.4, 0.5) is 0 Å². The first kappa shape index (κ1) is 8.71. The van der Waals surface area contributed by atoms with Gasteiger partial charge in [0, 0.05) is 24.4 Å². The van der Waals surface area contributed by atoms with Gasteiger partial charge in [-0.2, -0.15) is 0 Å². The second-order valence-corrected chi connectivity index (χ2v) is 4.55. The lowest BCUT2D eigenvalue weighted by Crippen LogP contribution is -1.95. The minimum Gasteiger partial charge on any atom is -0.252 e. The van der Waals surface area contributed by atoms with Crippen LogP contribution >= 0.6 is 23.1 Å². The SMILES string of the molecule is Cn1nncc1CSc1nccs1. The lowest BCUT2D eigenvalue weighted by atomic mass is 10.5. The maximum Gasteiger partial charge on any atom is 0.150 e. The maximum atomic E-state index is 4.18. The van der Waals surface area contributed by atoms with E-state index in [4.69, 9.17) is 0 Å². The van der Waals surface area contributed by atoms with Gasteiger partial charge < -0.3 is 0 Å². The summed E-state index contributed by atoms with van der Waals surface area (Å²) in [5.74, 6) is 0.872. The van der Waals surface area contributed by atoms with E-state index in [-0.39, 0.29) is 0 Å². The molecule has 0 atom stereocenters. The molecule has 0 saturated carbocycles. The fraction of sp³-hybridized carbons (Fsp3) is 0.286. The smallest absolute Gasteiger partial charge is 0.150 e. The zero-order valence-corrected chi connectivity index (χ0v) is 8.68. The van der Waals surface area contributed by atoms with Crippen molar-refractivity contribution < 1.29 is 0 Å². The predicted octanol–water partition coefficient (Wildman–Crippen LogP) is 1.56. The molecule has 0 radical (unpaired) electrons. The number of hydrogen-bond acceptors (Lipinski definition) is 5. The highest BCUT2D eigenvalue weighted by Crippen LogP contribution is 2.23. The molecule has 0 amide bonds. The number of thioether (sulfide) groups is 1. The van der Waals surface area contributed by atoms with Crippen molar-refractivity contribution in [2.24, 2.45) is 7.05 Å². The van der Waals surface area contributed by atoms with E-state index in [0.29, 0.717) is 0 Å². The maximum absolute atomic E-state index is 4.18. The molecule has 0 spiro atoms. The first-order valence-corrected chi connectivity index (χ1v) is 5.58. The lowest BCUT2D eigenvalue weighted by Gasteiger charge is -1.96. The van der Waals surface area contributed by atoms with Gasteiger partial charge in [-0.25, -0.2) is 4.98 Å². The van der Waals surface area contributed by atoms with Crippen molar-refractivity contribution in [1.82, 2.24) is 20.0 Å². The molecule has 0 aliphatic carbocycles. The van der Waals surface area contributed by atoms with E-state index in [1.54, 1.807) is 34.0 Å². The molecule has 0 aliphatic rings. The Balaban J connectivity index is 1.97. The quantitative estimate of drug-likeness (QED) is 0.724. The average molecular weight is 212 g/mol. The third-order valence-corrected chi connectivity index (χ3v) is 3.56. The van der Waals surface area contributed by atoms with Gasteiger partial charge in [0.15, 0.2) is 0 Å². The third-order valence-electron chi connectivity index (χ3n) is 1.56. The summed E-state index contributed by atoms with van der Waals surface area (Å²) in [5, 5.41) is 9.63. The molecule has 4 nitrogen and oxygen atoms in total. The fourth-order valence-corrected chi connectivity index (χ4v) is 2.50. The Kier molecular flexibility index (Phi) is 2.60. The number of nitrogens with zero attached hydrogens (tertiary/aromatic N) is 4. The van der Waals surface area contributed by atoms with E-state index in [1.165, 1.54) is 0 Å². The van der Waals surface area contributed by atoms with Gasteiger partial charge in [-0.05, 0) is 0 Å². The highest BCUT2D eigenvalue weighted by atomic mass is 32.2. The van der Waals surface area contributed by atoms with E-state index in [9.17, 15) is 0 Å². The predicted molar refractivity (Wildman–Crippen MR) is 52.7 cm³/mol. The summed E-state index contributed by atoms with van der Waals surface area (Å²) in [6.45, 7) is 0. The molecule has 0 unspecified atom stereocenters. The fourth-order valence-electron chi connectivity index (χ4n) is 0.859. The van der Waals surface area contributed by atoms with Gasteiger partial charge >= 0.3 is 0 Å². The van der Waals surface area contributed by atoms with Gasteiger partial charge in [-0.3, -0.25) is 4.68 Å². The second kappa shape index (κ2) is 3.89. The molecule has 0 fully saturated rings. The van der Waals surface area contributed by atoms with Gasteiger partial charge in [-0.1, -0.05) is 17.0 Å². The Morgan fingerprint density at radius 1 is 1.62 bits per heavy atom. The van der Waals surface area contributed by atoms with Crippen LogP contribution in [-0.4, -0.2) is 20.0 Å². The van der Waals surface area contributed by atoms with Gasteiger partial charge in [0.05, 0.1) is 11.9 Å². The molecule has 68 valence electrons. The Hall–Kier alpha value is -0.880. The summed E-state index contributed by atoms with van der Waals surface area (Å²) in [4.78, 5) is 4.18. The zero-order valence-electron chi connectivity index (χ0n) is 7.04. The van der Waals surface area contributed by atoms with Crippen molar-refractivity contribution in [3.05, 3.63) is 23.5 Å². The summed E-state index contributed by atoms with van der Waals surface area (Å²) in [6.07, 6.45) is 3.59. The van der Waals surface area contributed by atoms with E-state index in [2.05, 4.69) is 15.3 Å². The Bertz CT molecular complexity index is 368. The van der Waals surface area contributed by atoms with Crippen LogP contribution in [0.3, 0.4) is 0 Å². The largest absolute Gasteiger partial charge is 0.252 e. The molecule has 2 aromatic heterocycles. The highest BCUT2D eigenvalue weighted by Gasteiger charge is 2.02. The van der Waals surface area contributed by atoms with Crippen LogP contribution in [0.25, 0.3) is 0 Å². The molecule has 2 aromatic rings. The van der Waals surface area contributed by atoms with Gasteiger partial charge in [0.1, 0.15) is 4.34 Å². The number of aromatic nitrogens is 4. The van der Waals surface area contributed by atoms with Gasteiger partial charge in [0.25, 0.3) is 0 Å². The third kappa shape index (κ3) is 2.07. The first-order chi connectivity index (χ1) is 6.36.